The van der Waals surface area contributed by atoms with E-state index in [0.29, 0.717) is 27.7 Å². The minimum absolute atomic E-state index is 0.160. The summed E-state index contributed by atoms with van der Waals surface area (Å²) < 4.78 is 11.1. The van der Waals surface area contributed by atoms with Gasteiger partial charge in [-0.1, -0.05) is 23.7 Å². The first-order valence-corrected chi connectivity index (χ1v) is 9.25. The molecule has 3 rings (SSSR count). The Bertz CT molecular complexity index is 982. The van der Waals surface area contributed by atoms with E-state index >= 15 is 0 Å². The first-order valence-electron chi connectivity index (χ1n) is 8.87. The lowest BCUT2D eigenvalue weighted by Gasteiger charge is -2.12. The van der Waals surface area contributed by atoms with Gasteiger partial charge in [0.1, 0.15) is 5.76 Å². The molecule has 6 nitrogen and oxygen atoms in total. The lowest BCUT2D eigenvalue weighted by Crippen LogP contribution is -2.31. The largest absolute Gasteiger partial charge is 0.493 e. The van der Waals surface area contributed by atoms with E-state index in [0.717, 1.165) is 5.39 Å². The molecule has 3 aromatic rings. The zero-order chi connectivity index (χ0) is 20.1. The molecule has 0 saturated heterocycles. The van der Waals surface area contributed by atoms with E-state index in [4.69, 9.17) is 20.8 Å². The molecular formula is C21H21ClN2O4. The SMILES string of the molecule is COc1cccc2cc(C(C)NC(=O)CCNC(=O)c3ccc(Cl)cc3)oc12. The van der Waals surface area contributed by atoms with Crippen molar-refractivity contribution in [3.63, 3.8) is 0 Å². The quantitative estimate of drug-likeness (QED) is 0.625. The number of furan rings is 1. The Kier molecular flexibility index (Phi) is 6.21. The van der Waals surface area contributed by atoms with Crippen molar-refractivity contribution in [2.75, 3.05) is 13.7 Å². The molecule has 2 aromatic carbocycles. The molecule has 0 radical (unpaired) electrons. The fourth-order valence-corrected chi connectivity index (χ4v) is 2.93. The molecule has 0 saturated carbocycles. The van der Waals surface area contributed by atoms with Crippen molar-refractivity contribution in [2.45, 2.75) is 19.4 Å². The Hall–Kier alpha value is -2.99. The second-order valence-corrected chi connectivity index (χ2v) is 6.77. The van der Waals surface area contributed by atoms with Gasteiger partial charge >= 0.3 is 0 Å². The molecule has 0 aliphatic carbocycles. The Labute approximate surface area is 167 Å². The highest BCUT2D eigenvalue weighted by molar-refractivity contribution is 6.30. The van der Waals surface area contributed by atoms with Crippen LogP contribution in [-0.2, 0) is 4.79 Å². The maximum Gasteiger partial charge on any atom is 0.251 e. The molecule has 146 valence electrons. The Morgan fingerprint density at radius 1 is 1.18 bits per heavy atom. The number of methoxy groups -OCH3 is 1. The number of ether oxygens (including phenoxy) is 1. The minimum Gasteiger partial charge on any atom is -0.493 e. The summed E-state index contributed by atoms with van der Waals surface area (Å²) >= 11 is 5.80. The lowest BCUT2D eigenvalue weighted by atomic mass is 10.2. The van der Waals surface area contributed by atoms with Crippen LogP contribution in [0.15, 0.2) is 52.9 Å². The van der Waals surface area contributed by atoms with Gasteiger partial charge in [0.05, 0.1) is 13.2 Å². The third kappa shape index (κ3) is 4.64. The maximum atomic E-state index is 12.2. The summed E-state index contributed by atoms with van der Waals surface area (Å²) in [4.78, 5) is 24.2. The summed E-state index contributed by atoms with van der Waals surface area (Å²) in [6, 6.07) is 13.8. The normalized spacial score (nSPS) is 11.8. The molecule has 0 bridgehead atoms. The number of nitrogens with one attached hydrogen (secondary N) is 2. The number of carbonyl (C=O) groups excluding carboxylic acids is 2. The fourth-order valence-electron chi connectivity index (χ4n) is 2.81. The van der Waals surface area contributed by atoms with Crippen LogP contribution in [0.25, 0.3) is 11.0 Å². The molecule has 1 heterocycles. The second kappa shape index (κ2) is 8.80. The number of hydrogen-bond acceptors (Lipinski definition) is 4. The number of hydrogen-bond donors (Lipinski definition) is 2. The number of carbonyl (C=O) groups is 2. The van der Waals surface area contributed by atoms with Gasteiger partial charge in [0, 0.05) is 28.9 Å². The number of benzene rings is 2. The van der Waals surface area contributed by atoms with Gasteiger partial charge in [-0.15, -0.1) is 0 Å². The Morgan fingerprint density at radius 2 is 1.93 bits per heavy atom. The van der Waals surface area contributed by atoms with Crippen LogP contribution in [0.1, 0.15) is 35.5 Å². The van der Waals surface area contributed by atoms with E-state index in [1.807, 2.05) is 31.2 Å². The monoisotopic (exact) mass is 400 g/mol. The molecule has 0 spiro atoms. The molecule has 0 fully saturated rings. The zero-order valence-electron chi connectivity index (χ0n) is 15.6. The molecular weight excluding hydrogens is 380 g/mol. The van der Waals surface area contributed by atoms with E-state index in [1.54, 1.807) is 31.4 Å². The van der Waals surface area contributed by atoms with Crippen LogP contribution in [0.5, 0.6) is 5.75 Å². The molecule has 1 atom stereocenters. The highest BCUT2D eigenvalue weighted by Crippen LogP contribution is 2.30. The van der Waals surface area contributed by atoms with E-state index in [2.05, 4.69) is 10.6 Å². The van der Waals surface area contributed by atoms with E-state index < -0.39 is 0 Å². The summed E-state index contributed by atoms with van der Waals surface area (Å²) in [6.45, 7) is 2.07. The van der Waals surface area contributed by atoms with Crippen LogP contribution in [0, 0.1) is 0 Å². The van der Waals surface area contributed by atoms with Crippen LogP contribution in [0.4, 0.5) is 0 Å². The zero-order valence-corrected chi connectivity index (χ0v) is 16.4. The van der Waals surface area contributed by atoms with Gasteiger partial charge in [-0.3, -0.25) is 9.59 Å². The molecule has 0 aliphatic rings. The Morgan fingerprint density at radius 3 is 2.64 bits per heavy atom. The third-order valence-corrected chi connectivity index (χ3v) is 4.55. The molecule has 1 unspecified atom stereocenters. The first-order chi connectivity index (χ1) is 13.5. The summed E-state index contributed by atoms with van der Waals surface area (Å²) in [7, 11) is 1.58. The third-order valence-electron chi connectivity index (χ3n) is 4.30. The first kappa shape index (κ1) is 19.8. The van der Waals surface area contributed by atoms with Crippen LogP contribution in [0.2, 0.25) is 5.02 Å². The molecule has 2 amide bonds. The average molecular weight is 401 g/mol. The van der Waals surface area contributed by atoms with Gasteiger partial charge in [0.15, 0.2) is 11.3 Å². The van der Waals surface area contributed by atoms with Crippen molar-refractivity contribution in [2.24, 2.45) is 0 Å². The lowest BCUT2D eigenvalue weighted by molar-refractivity contribution is -0.121. The summed E-state index contributed by atoms with van der Waals surface area (Å²) in [5.41, 5.74) is 1.14. The number of para-hydroxylation sites is 1. The van der Waals surface area contributed by atoms with Gasteiger partial charge in [-0.25, -0.2) is 0 Å². The molecule has 7 heteroatoms. The van der Waals surface area contributed by atoms with Crippen molar-refractivity contribution in [1.29, 1.82) is 0 Å². The van der Waals surface area contributed by atoms with Crippen LogP contribution >= 0.6 is 11.6 Å². The van der Waals surface area contributed by atoms with E-state index in [-0.39, 0.29) is 30.8 Å². The van der Waals surface area contributed by atoms with Crippen LogP contribution < -0.4 is 15.4 Å². The summed E-state index contributed by atoms with van der Waals surface area (Å²) in [5, 5.41) is 7.06. The van der Waals surface area contributed by atoms with Crippen LogP contribution in [0.3, 0.4) is 0 Å². The van der Waals surface area contributed by atoms with Crippen molar-refractivity contribution in [3.05, 3.63) is 64.9 Å². The highest BCUT2D eigenvalue weighted by Gasteiger charge is 2.16. The fraction of sp³-hybridized carbons (Fsp3) is 0.238. The number of halogens is 1. The van der Waals surface area contributed by atoms with Gasteiger partial charge in [-0.05, 0) is 43.3 Å². The topological polar surface area (TPSA) is 80.6 Å². The number of rotatable bonds is 7. The van der Waals surface area contributed by atoms with E-state index in [9.17, 15) is 9.59 Å². The van der Waals surface area contributed by atoms with Crippen molar-refractivity contribution < 1.29 is 18.7 Å². The predicted octanol–water partition coefficient (Wildman–Crippen LogP) is 4.09. The second-order valence-electron chi connectivity index (χ2n) is 6.33. The van der Waals surface area contributed by atoms with Gasteiger partial charge in [0.25, 0.3) is 5.91 Å². The Balaban J connectivity index is 1.52. The van der Waals surface area contributed by atoms with Crippen molar-refractivity contribution in [1.82, 2.24) is 10.6 Å². The molecule has 0 aliphatic heterocycles. The van der Waals surface area contributed by atoms with Crippen LogP contribution in [-0.4, -0.2) is 25.5 Å². The van der Waals surface area contributed by atoms with Crippen molar-refractivity contribution in [3.8, 4) is 5.75 Å². The summed E-state index contributed by atoms with van der Waals surface area (Å²) in [5.74, 6) is 0.850. The smallest absolute Gasteiger partial charge is 0.251 e. The maximum absolute atomic E-state index is 12.2. The molecule has 1 aromatic heterocycles. The standard InChI is InChI=1S/C21H21ClN2O4/c1-13(18-12-15-4-3-5-17(27-2)20(15)28-18)24-19(25)10-11-23-21(26)14-6-8-16(22)9-7-14/h3-9,12-13H,10-11H2,1-2H3,(H,23,26)(H,24,25). The molecule has 2 N–H and O–H groups in total. The molecule has 28 heavy (non-hydrogen) atoms. The number of fused-ring (bicyclic) bond motifs is 1. The predicted molar refractivity (Wildman–Crippen MR) is 108 cm³/mol. The number of amides is 2. The highest BCUT2D eigenvalue weighted by atomic mass is 35.5. The van der Waals surface area contributed by atoms with Gasteiger partial charge < -0.3 is 19.8 Å². The van der Waals surface area contributed by atoms with Gasteiger partial charge in [-0.2, -0.15) is 0 Å². The van der Waals surface area contributed by atoms with Gasteiger partial charge in [0.2, 0.25) is 5.91 Å². The van der Waals surface area contributed by atoms with E-state index in [1.165, 1.54) is 0 Å². The summed E-state index contributed by atoms with van der Waals surface area (Å²) in [6.07, 6.45) is 0.160. The average Bonchev–Trinajstić information content (AvgIpc) is 3.13. The van der Waals surface area contributed by atoms with Crippen molar-refractivity contribution >= 4 is 34.4 Å². The minimum atomic E-state index is -0.309.